The summed E-state index contributed by atoms with van der Waals surface area (Å²) in [4.78, 5) is 3.58. The first-order valence-corrected chi connectivity index (χ1v) is 9.84. The van der Waals surface area contributed by atoms with Gasteiger partial charge in [0.2, 0.25) is 0 Å². The monoisotopic (exact) mass is 399 g/mol. The molecule has 0 aromatic heterocycles. The van der Waals surface area contributed by atoms with Crippen LogP contribution in [0.1, 0.15) is 5.56 Å². The molecule has 0 spiro atoms. The fourth-order valence-electron chi connectivity index (χ4n) is 2.38. The van der Waals surface area contributed by atoms with Gasteiger partial charge in [0.15, 0.2) is 15.8 Å². The summed E-state index contributed by atoms with van der Waals surface area (Å²) in [5.74, 6) is -1.84. The minimum Gasteiger partial charge on any atom is -0.356 e. The number of rotatable bonds is 7. The van der Waals surface area contributed by atoms with Crippen molar-refractivity contribution in [3.05, 3.63) is 65.5 Å². The van der Waals surface area contributed by atoms with Crippen LogP contribution in [0.3, 0.4) is 0 Å². The third kappa shape index (κ3) is 5.99. The lowest BCUT2D eigenvalue weighted by molar-refractivity contribution is 0.566. The Labute approximate surface area is 156 Å². The van der Waals surface area contributed by atoms with Crippen molar-refractivity contribution in [1.29, 1.82) is 0 Å². The van der Waals surface area contributed by atoms with Gasteiger partial charge < -0.3 is 10.6 Å². The van der Waals surface area contributed by atoms with E-state index in [0.717, 1.165) is 24.3 Å². The molecule has 0 unspecified atom stereocenters. The summed E-state index contributed by atoms with van der Waals surface area (Å²) in [6.07, 6.45) is 0.220. The first-order valence-electron chi connectivity index (χ1n) is 8.19. The molecule has 146 valence electrons. The minimum atomic E-state index is -3.78. The van der Waals surface area contributed by atoms with E-state index >= 15 is 0 Å². The smallest absolute Gasteiger partial charge is 0.191 e. The Morgan fingerprint density at radius 2 is 1.70 bits per heavy atom. The molecule has 0 fully saturated rings. The molecule has 9 heteroatoms. The summed E-state index contributed by atoms with van der Waals surface area (Å²) in [7, 11) is -2.29. The van der Waals surface area contributed by atoms with Gasteiger partial charge in [0.05, 0.1) is 5.75 Å². The lowest BCUT2D eigenvalue weighted by atomic mass is 10.1. The van der Waals surface area contributed by atoms with Crippen LogP contribution in [0, 0.1) is 17.5 Å². The van der Waals surface area contributed by atoms with Crippen LogP contribution in [0.15, 0.2) is 52.4 Å². The van der Waals surface area contributed by atoms with Crippen molar-refractivity contribution in [2.24, 2.45) is 4.99 Å². The number of sulfone groups is 1. The molecule has 0 aliphatic heterocycles. The van der Waals surface area contributed by atoms with Crippen LogP contribution in [-0.4, -0.2) is 40.3 Å². The molecular weight excluding hydrogens is 379 g/mol. The van der Waals surface area contributed by atoms with Crippen LogP contribution in [0.25, 0.3) is 0 Å². The van der Waals surface area contributed by atoms with E-state index in [1.165, 1.54) is 25.2 Å². The van der Waals surface area contributed by atoms with Gasteiger partial charge in [-0.15, -0.1) is 0 Å². The molecule has 0 radical (unpaired) electrons. The van der Waals surface area contributed by atoms with E-state index in [4.69, 9.17) is 0 Å². The van der Waals surface area contributed by atoms with Crippen LogP contribution >= 0.6 is 0 Å². The van der Waals surface area contributed by atoms with Crippen LogP contribution in [0.2, 0.25) is 0 Å². The molecule has 0 heterocycles. The zero-order chi connectivity index (χ0) is 19.9. The topological polar surface area (TPSA) is 70.6 Å². The Morgan fingerprint density at radius 3 is 2.41 bits per heavy atom. The summed E-state index contributed by atoms with van der Waals surface area (Å²) in [5.41, 5.74) is 0.222. The van der Waals surface area contributed by atoms with Crippen molar-refractivity contribution in [2.75, 3.05) is 25.9 Å². The summed E-state index contributed by atoms with van der Waals surface area (Å²) < 4.78 is 64.7. The number of nitrogens with one attached hydrogen (secondary N) is 2. The number of hydrogen-bond acceptors (Lipinski definition) is 3. The molecule has 0 saturated heterocycles. The average Bonchev–Trinajstić information content (AvgIpc) is 2.63. The van der Waals surface area contributed by atoms with Crippen LogP contribution in [0.4, 0.5) is 13.2 Å². The maximum Gasteiger partial charge on any atom is 0.191 e. The van der Waals surface area contributed by atoms with Crippen LogP contribution in [-0.2, 0) is 16.3 Å². The summed E-state index contributed by atoms with van der Waals surface area (Å²) >= 11 is 0. The van der Waals surface area contributed by atoms with E-state index in [-0.39, 0.29) is 35.7 Å². The first-order chi connectivity index (χ1) is 12.8. The summed E-state index contributed by atoms with van der Waals surface area (Å²) in [6.45, 7) is 0.269. The maximum absolute atomic E-state index is 13.6. The Kier molecular flexibility index (Phi) is 7.23. The van der Waals surface area contributed by atoms with Gasteiger partial charge in [-0.25, -0.2) is 21.6 Å². The highest BCUT2D eigenvalue weighted by molar-refractivity contribution is 7.91. The number of nitrogens with zero attached hydrogens (tertiary/aromatic N) is 1. The van der Waals surface area contributed by atoms with Gasteiger partial charge in [-0.2, -0.15) is 0 Å². The zero-order valence-corrected chi connectivity index (χ0v) is 15.5. The normalized spacial score (nSPS) is 12.1. The van der Waals surface area contributed by atoms with Gasteiger partial charge in [0, 0.05) is 20.1 Å². The first kappa shape index (κ1) is 20.8. The third-order valence-corrected chi connectivity index (χ3v) is 5.50. The molecule has 2 rings (SSSR count). The van der Waals surface area contributed by atoms with Crippen LogP contribution < -0.4 is 10.6 Å². The Balaban J connectivity index is 1.84. The fourth-order valence-corrected chi connectivity index (χ4v) is 3.62. The number of hydrogen-bond donors (Lipinski definition) is 2. The molecule has 27 heavy (non-hydrogen) atoms. The van der Waals surface area contributed by atoms with Crippen molar-refractivity contribution < 1.29 is 21.6 Å². The van der Waals surface area contributed by atoms with E-state index < -0.39 is 27.3 Å². The second-order valence-corrected chi connectivity index (χ2v) is 7.74. The largest absolute Gasteiger partial charge is 0.356 e. The molecule has 0 atom stereocenters. The second-order valence-electron chi connectivity index (χ2n) is 5.66. The molecule has 0 saturated carbocycles. The van der Waals surface area contributed by atoms with E-state index in [1.54, 1.807) is 0 Å². The number of halogens is 3. The average molecular weight is 399 g/mol. The Morgan fingerprint density at radius 1 is 1.00 bits per heavy atom. The van der Waals surface area contributed by atoms with Crippen molar-refractivity contribution in [1.82, 2.24) is 10.6 Å². The van der Waals surface area contributed by atoms with Gasteiger partial charge in [-0.1, -0.05) is 12.1 Å². The quantitative estimate of drug-likeness (QED) is 0.554. The van der Waals surface area contributed by atoms with E-state index in [1.807, 2.05) is 0 Å². The molecule has 0 aliphatic carbocycles. The molecular formula is C18H20F3N3O2S. The van der Waals surface area contributed by atoms with Gasteiger partial charge in [0.25, 0.3) is 0 Å². The van der Waals surface area contributed by atoms with Gasteiger partial charge in [-0.05, 0) is 42.3 Å². The van der Waals surface area contributed by atoms with Crippen molar-refractivity contribution in [2.45, 2.75) is 11.3 Å². The van der Waals surface area contributed by atoms with Crippen molar-refractivity contribution in [3.8, 4) is 0 Å². The summed E-state index contributed by atoms with van der Waals surface area (Å²) in [5, 5.41) is 5.68. The van der Waals surface area contributed by atoms with E-state index in [2.05, 4.69) is 15.6 Å². The fraction of sp³-hybridized carbons (Fsp3) is 0.278. The Bertz CT molecular complexity index is 918. The number of guanidine groups is 1. The molecule has 0 amide bonds. The van der Waals surface area contributed by atoms with Gasteiger partial charge >= 0.3 is 0 Å². The lowest BCUT2D eigenvalue weighted by Crippen LogP contribution is -2.40. The molecule has 0 aliphatic rings. The molecule has 0 bridgehead atoms. The predicted octanol–water partition coefficient (Wildman–Crippen LogP) is 2.29. The molecule has 2 aromatic carbocycles. The summed E-state index contributed by atoms with van der Waals surface area (Å²) in [6, 6.07) is 8.40. The highest BCUT2D eigenvalue weighted by Gasteiger charge is 2.18. The van der Waals surface area contributed by atoms with Gasteiger partial charge in [-0.3, -0.25) is 4.99 Å². The SMILES string of the molecule is CN=C(NCCc1cc(F)ccc1F)NCCS(=O)(=O)c1ccccc1F. The van der Waals surface area contributed by atoms with E-state index in [0.29, 0.717) is 5.96 Å². The minimum absolute atomic E-state index is 0.00463. The Hall–Kier alpha value is -2.55. The number of benzene rings is 2. The standard InChI is InChI=1S/C18H20F3N3O2S/c1-22-18(23-9-8-13-12-14(19)6-7-15(13)20)24-10-11-27(25,26)17-5-3-2-4-16(17)21/h2-7,12H,8-11H2,1H3,(H2,22,23,24). The van der Waals surface area contributed by atoms with Crippen molar-refractivity contribution >= 4 is 15.8 Å². The molecule has 5 nitrogen and oxygen atoms in total. The van der Waals surface area contributed by atoms with Gasteiger partial charge in [0.1, 0.15) is 22.3 Å². The van der Waals surface area contributed by atoms with E-state index in [9.17, 15) is 21.6 Å². The maximum atomic E-state index is 13.6. The number of aliphatic imine (C=N–C) groups is 1. The zero-order valence-electron chi connectivity index (χ0n) is 14.7. The second kappa shape index (κ2) is 9.40. The predicted molar refractivity (Wildman–Crippen MR) is 97.9 cm³/mol. The van der Waals surface area contributed by atoms with Crippen LogP contribution in [0.5, 0.6) is 0 Å². The van der Waals surface area contributed by atoms with Crippen molar-refractivity contribution in [3.63, 3.8) is 0 Å². The molecule has 2 N–H and O–H groups in total. The highest BCUT2D eigenvalue weighted by Crippen LogP contribution is 2.14. The third-order valence-electron chi connectivity index (χ3n) is 3.75. The molecule has 2 aromatic rings. The highest BCUT2D eigenvalue weighted by atomic mass is 32.2. The lowest BCUT2D eigenvalue weighted by Gasteiger charge is -2.12.